The zero-order valence-corrected chi connectivity index (χ0v) is 6.59. The van der Waals surface area contributed by atoms with Crippen molar-refractivity contribution in [2.75, 3.05) is 13.7 Å². The molecule has 5 heteroatoms. The Balaban J connectivity index is 3.36. The highest BCUT2D eigenvalue weighted by atomic mass is 16.5. The summed E-state index contributed by atoms with van der Waals surface area (Å²) in [5.41, 5.74) is 0. The highest BCUT2D eigenvalue weighted by molar-refractivity contribution is 5.66. The number of alkyl carbamates (subject to hydrolysis) is 1. The smallest absolute Gasteiger partial charge is 0.406 e. The summed E-state index contributed by atoms with van der Waals surface area (Å²) in [5.74, 6) is 0. The standard InChI is InChI=1S/C6H12N2O3/c1-5(8-4-9)3-7-6(10)11-2/h4-5H,3H2,1-2H3,(H,7,10)(H,8,9). The summed E-state index contributed by atoms with van der Waals surface area (Å²) in [6.07, 6.45) is 0.0911. The summed E-state index contributed by atoms with van der Waals surface area (Å²) in [4.78, 5) is 20.3. The largest absolute Gasteiger partial charge is 0.453 e. The van der Waals surface area contributed by atoms with Crippen LogP contribution in [0.15, 0.2) is 0 Å². The summed E-state index contributed by atoms with van der Waals surface area (Å²) < 4.78 is 4.31. The maximum Gasteiger partial charge on any atom is 0.406 e. The van der Waals surface area contributed by atoms with Crippen LogP contribution < -0.4 is 10.6 Å². The van der Waals surface area contributed by atoms with Crippen molar-refractivity contribution in [3.8, 4) is 0 Å². The van der Waals surface area contributed by atoms with E-state index in [2.05, 4.69) is 15.4 Å². The molecule has 0 heterocycles. The Kier molecular flexibility index (Phi) is 4.89. The van der Waals surface area contributed by atoms with Crippen LogP contribution in [0.2, 0.25) is 0 Å². The number of amides is 2. The van der Waals surface area contributed by atoms with E-state index in [0.29, 0.717) is 13.0 Å². The second-order valence-electron chi connectivity index (χ2n) is 2.06. The van der Waals surface area contributed by atoms with E-state index in [1.807, 2.05) is 0 Å². The summed E-state index contributed by atoms with van der Waals surface area (Å²) in [6.45, 7) is 2.13. The second kappa shape index (κ2) is 5.52. The minimum Gasteiger partial charge on any atom is -0.453 e. The number of nitrogens with one attached hydrogen (secondary N) is 2. The third kappa shape index (κ3) is 5.20. The molecule has 0 spiro atoms. The van der Waals surface area contributed by atoms with E-state index in [1.165, 1.54) is 7.11 Å². The van der Waals surface area contributed by atoms with E-state index < -0.39 is 6.09 Å². The Labute approximate surface area is 65.1 Å². The predicted octanol–water partition coefficient (Wildman–Crippen LogP) is -0.523. The summed E-state index contributed by atoms with van der Waals surface area (Å²) in [5, 5.41) is 4.91. The minimum absolute atomic E-state index is 0.0772. The molecule has 2 amide bonds. The highest BCUT2D eigenvalue weighted by Crippen LogP contribution is 1.77. The summed E-state index contributed by atoms with van der Waals surface area (Å²) in [6, 6.07) is -0.0772. The first-order chi connectivity index (χ1) is 5.20. The van der Waals surface area contributed by atoms with Gasteiger partial charge in [0.25, 0.3) is 0 Å². The van der Waals surface area contributed by atoms with Crippen LogP contribution in [-0.2, 0) is 9.53 Å². The number of methoxy groups -OCH3 is 1. The van der Waals surface area contributed by atoms with Crippen LogP contribution in [0.3, 0.4) is 0 Å². The molecule has 0 aliphatic heterocycles. The molecule has 0 fully saturated rings. The molecule has 1 atom stereocenters. The van der Waals surface area contributed by atoms with E-state index in [0.717, 1.165) is 0 Å². The molecule has 0 aliphatic rings. The topological polar surface area (TPSA) is 67.4 Å². The van der Waals surface area contributed by atoms with Crippen molar-refractivity contribution in [3.05, 3.63) is 0 Å². The molecule has 0 aromatic heterocycles. The molecule has 0 radical (unpaired) electrons. The fraction of sp³-hybridized carbons (Fsp3) is 0.667. The highest BCUT2D eigenvalue weighted by Gasteiger charge is 2.01. The van der Waals surface area contributed by atoms with E-state index in [1.54, 1.807) is 6.92 Å². The molecule has 0 bridgehead atoms. The van der Waals surface area contributed by atoms with Crippen molar-refractivity contribution in [2.24, 2.45) is 0 Å². The molecule has 0 aromatic carbocycles. The van der Waals surface area contributed by atoms with Crippen LogP contribution in [0.4, 0.5) is 4.79 Å². The molecule has 64 valence electrons. The lowest BCUT2D eigenvalue weighted by Gasteiger charge is -2.09. The van der Waals surface area contributed by atoms with Crippen LogP contribution in [0.25, 0.3) is 0 Å². The van der Waals surface area contributed by atoms with Gasteiger partial charge in [-0.1, -0.05) is 0 Å². The number of ether oxygens (including phenoxy) is 1. The number of hydrogen-bond acceptors (Lipinski definition) is 3. The van der Waals surface area contributed by atoms with Gasteiger partial charge in [0.1, 0.15) is 0 Å². The van der Waals surface area contributed by atoms with Crippen molar-refractivity contribution in [1.82, 2.24) is 10.6 Å². The first-order valence-electron chi connectivity index (χ1n) is 3.22. The van der Waals surface area contributed by atoms with Crippen molar-refractivity contribution in [2.45, 2.75) is 13.0 Å². The predicted molar refractivity (Wildman–Crippen MR) is 39.1 cm³/mol. The zero-order chi connectivity index (χ0) is 8.69. The average molecular weight is 160 g/mol. The van der Waals surface area contributed by atoms with Crippen molar-refractivity contribution < 1.29 is 14.3 Å². The van der Waals surface area contributed by atoms with E-state index in [-0.39, 0.29) is 6.04 Å². The van der Waals surface area contributed by atoms with Gasteiger partial charge >= 0.3 is 6.09 Å². The van der Waals surface area contributed by atoms with Gasteiger partial charge in [0, 0.05) is 12.6 Å². The molecule has 0 aromatic rings. The minimum atomic E-state index is -0.496. The monoisotopic (exact) mass is 160 g/mol. The molecule has 0 saturated heterocycles. The fourth-order valence-corrected chi connectivity index (χ4v) is 0.484. The Hall–Kier alpha value is -1.26. The molecule has 5 nitrogen and oxygen atoms in total. The van der Waals surface area contributed by atoms with E-state index in [4.69, 9.17) is 0 Å². The SMILES string of the molecule is COC(=O)NCC(C)NC=O. The Morgan fingerprint density at radius 3 is 2.82 bits per heavy atom. The quantitative estimate of drug-likeness (QED) is 0.543. The van der Waals surface area contributed by atoms with Crippen LogP contribution in [0.1, 0.15) is 6.92 Å². The molecular formula is C6H12N2O3. The number of carbonyl (C=O) groups is 2. The first-order valence-corrected chi connectivity index (χ1v) is 3.22. The van der Waals surface area contributed by atoms with Gasteiger partial charge in [-0.3, -0.25) is 4.79 Å². The van der Waals surface area contributed by atoms with Gasteiger partial charge in [-0.2, -0.15) is 0 Å². The number of carbonyl (C=O) groups excluding carboxylic acids is 2. The lowest BCUT2D eigenvalue weighted by molar-refractivity contribution is -0.110. The number of hydrogen-bond donors (Lipinski definition) is 2. The molecule has 0 rings (SSSR count). The van der Waals surface area contributed by atoms with Gasteiger partial charge in [0.2, 0.25) is 6.41 Å². The summed E-state index contributed by atoms with van der Waals surface area (Å²) >= 11 is 0. The van der Waals surface area contributed by atoms with Gasteiger partial charge in [0.05, 0.1) is 7.11 Å². The van der Waals surface area contributed by atoms with Crippen molar-refractivity contribution >= 4 is 12.5 Å². The molecular weight excluding hydrogens is 148 g/mol. The average Bonchev–Trinajstić information content (AvgIpc) is 2.01. The Bertz CT molecular complexity index is 138. The molecule has 0 aliphatic carbocycles. The van der Waals surface area contributed by atoms with Crippen LogP contribution >= 0.6 is 0 Å². The van der Waals surface area contributed by atoms with Crippen LogP contribution in [0, 0.1) is 0 Å². The maximum absolute atomic E-state index is 10.5. The van der Waals surface area contributed by atoms with Crippen molar-refractivity contribution in [3.63, 3.8) is 0 Å². The van der Waals surface area contributed by atoms with E-state index in [9.17, 15) is 9.59 Å². The van der Waals surface area contributed by atoms with Gasteiger partial charge in [-0.05, 0) is 6.92 Å². The van der Waals surface area contributed by atoms with Gasteiger partial charge in [-0.15, -0.1) is 0 Å². The fourth-order valence-electron chi connectivity index (χ4n) is 0.484. The van der Waals surface area contributed by atoms with Gasteiger partial charge in [-0.25, -0.2) is 4.79 Å². The molecule has 2 N–H and O–H groups in total. The molecule has 1 unspecified atom stereocenters. The summed E-state index contributed by atoms with van der Waals surface area (Å²) in [7, 11) is 1.28. The zero-order valence-electron chi connectivity index (χ0n) is 6.59. The van der Waals surface area contributed by atoms with Crippen LogP contribution in [0.5, 0.6) is 0 Å². The first kappa shape index (κ1) is 9.74. The Morgan fingerprint density at radius 1 is 1.73 bits per heavy atom. The van der Waals surface area contributed by atoms with Gasteiger partial charge in [0.15, 0.2) is 0 Å². The molecule has 0 saturated carbocycles. The Morgan fingerprint density at radius 2 is 2.36 bits per heavy atom. The van der Waals surface area contributed by atoms with Crippen LogP contribution in [-0.4, -0.2) is 32.2 Å². The van der Waals surface area contributed by atoms with Gasteiger partial charge < -0.3 is 15.4 Å². The lowest BCUT2D eigenvalue weighted by atomic mass is 10.3. The third-order valence-corrected chi connectivity index (χ3v) is 1.09. The maximum atomic E-state index is 10.5. The third-order valence-electron chi connectivity index (χ3n) is 1.09. The second-order valence-corrected chi connectivity index (χ2v) is 2.06. The normalized spacial score (nSPS) is 11.5. The van der Waals surface area contributed by atoms with E-state index >= 15 is 0 Å². The lowest BCUT2D eigenvalue weighted by Crippen LogP contribution is -2.38. The number of rotatable bonds is 4. The molecule has 11 heavy (non-hydrogen) atoms. The van der Waals surface area contributed by atoms with Crippen molar-refractivity contribution in [1.29, 1.82) is 0 Å².